The first-order valence-electron chi connectivity index (χ1n) is 7.83. The van der Waals surface area contributed by atoms with Crippen LogP contribution >= 0.6 is 0 Å². The van der Waals surface area contributed by atoms with E-state index in [4.69, 9.17) is 9.47 Å². The van der Waals surface area contributed by atoms with Crippen LogP contribution in [0.25, 0.3) is 0 Å². The summed E-state index contributed by atoms with van der Waals surface area (Å²) in [4.78, 5) is 12.6. The van der Waals surface area contributed by atoms with Crippen LogP contribution in [0.3, 0.4) is 0 Å². The van der Waals surface area contributed by atoms with E-state index in [0.717, 1.165) is 23.3 Å². The van der Waals surface area contributed by atoms with E-state index in [1.165, 1.54) is 18.2 Å². The maximum absolute atomic E-state index is 12.6. The van der Waals surface area contributed by atoms with Crippen molar-refractivity contribution >= 4 is 5.97 Å². The van der Waals surface area contributed by atoms with Gasteiger partial charge in [0.25, 0.3) is 0 Å². The normalized spacial score (nSPS) is 22.5. The molecule has 0 N–H and O–H groups in total. The number of carbonyl (C=O) groups excluding carboxylic acids is 1. The molecule has 2 atom stereocenters. The van der Waals surface area contributed by atoms with Crippen LogP contribution in [0.1, 0.15) is 34.6 Å². The van der Waals surface area contributed by atoms with Gasteiger partial charge < -0.3 is 9.47 Å². The van der Waals surface area contributed by atoms with Crippen LogP contribution in [0, 0.1) is 13.8 Å². The highest BCUT2D eigenvalue weighted by atomic mass is 16.5. The molecular formula is C20H22O3. The van der Waals surface area contributed by atoms with Crippen LogP contribution in [-0.2, 0) is 14.9 Å². The van der Waals surface area contributed by atoms with E-state index in [1.807, 2.05) is 25.1 Å². The van der Waals surface area contributed by atoms with Crippen molar-refractivity contribution in [2.24, 2.45) is 0 Å². The molecule has 0 spiro atoms. The summed E-state index contributed by atoms with van der Waals surface area (Å²) in [6.45, 7) is 4.09. The van der Waals surface area contributed by atoms with E-state index in [2.05, 4.69) is 31.2 Å². The van der Waals surface area contributed by atoms with Crippen LogP contribution in [0.2, 0.25) is 0 Å². The van der Waals surface area contributed by atoms with Gasteiger partial charge in [-0.2, -0.15) is 0 Å². The lowest BCUT2D eigenvalue weighted by atomic mass is 9.88. The Morgan fingerprint density at radius 2 is 1.70 bits per heavy atom. The minimum absolute atomic E-state index is 0.131. The molecule has 0 aromatic heterocycles. The van der Waals surface area contributed by atoms with Crippen molar-refractivity contribution in [3.05, 3.63) is 64.7 Å². The molecule has 0 amide bonds. The van der Waals surface area contributed by atoms with Crippen molar-refractivity contribution in [2.75, 3.05) is 14.2 Å². The SMILES string of the molecule is COC(=O)C1(c2cc(C)ccc2OC)CC1c1ccc(C)cc1. The third-order valence-corrected chi connectivity index (χ3v) is 4.83. The van der Waals surface area contributed by atoms with Crippen molar-refractivity contribution in [2.45, 2.75) is 31.6 Å². The van der Waals surface area contributed by atoms with Gasteiger partial charge in [-0.1, -0.05) is 47.5 Å². The van der Waals surface area contributed by atoms with Crippen LogP contribution < -0.4 is 4.74 Å². The van der Waals surface area contributed by atoms with Gasteiger partial charge in [0, 0.05) is 11.5 Å². The van der Waals surface area contributed by atoms with Gasteiger partial charge in [-0.15, -0.1) is 0 Å². The molecule has 0 bridgehead atoms. The first-order valence-corrected chi connectivity index (χ1v) is 7.83. The first-order chi connectivity index (χ1) is 11.0. The van der Waals surface area contributed by atoms with Crippen LogP contribution in [0.15, 0.2) is 42.5 Å². The van der Waals surface area contributed by atoms with Crippen molar-refractivity contribution in [3.8, 4) is 5.75 Å². The second kappa shape index (κ2) is 5.73. The minimum atomic E-state index is -0.638. The molecule has 2 aromatic carbocycles. The van der Waals surface area contributed by atoms with Crippen molar-refractivity contribution in [1.82, 2.24) is 0 Å². The van der Waals surface area contributed by atoms with Crippen LogP contribution in [0.4, 0.5) is 0 Å². The zero-order valence-corrected chi connectivity index (χ0v) is 14.1. The quantitative estimate of drug-likeness (QED) is 0.803. The molecule has 2 aromatic rings. The van der Waals surface area contributed by atoms with Crippen LogP contribution in [0.5, 0.6) is 5.75 Å². The number of ether oxygens (including phenoxy) is 2. The summed E-state index contributed by atoms with van der Waals surface area (Å²) in [5.41, 5.74) is 3.79. The molecule has 2 unspecified atom stereocenters. The molecule has 1 aliphatic carbocycles. The highest BCUT2D eigenvalue weighted by molar-refractivity contribution is 5.90. The molecule has 1 aliphatic rings. The monoisotopic (exact) mass is 310 g/mol. The van der Waals surface area contributed by atoms with Gasteiger partial charge in [0.15, 0.2) is 0 Å². The zero-order valence-electron chi connectivity index (χ0n) is 14.1. The predicted octanol–water partition coefficient (Wildman–Crippen LogP) is 3.91. The zero-order chi connectivity index (χ0) is 16.6. The number of carbonyl (C=O) groups is 1. The predicted molar refractivity (Wildman–Crippen MR) is 90.0 cm³/mol. The lowest BCUT2D eigenvalue weighted by Crippen LogP contribution is -2.25. The molecule has 0 saturated heterocycles. The van der Waals surface area contributed by atoms with Gasteiger partial charge in [0.05, 0.1) is 14.2 Å². The van der Waals surface area contributed by atoms with Crippen molar-refractivity contribution < 1.29 is 14.3 Å². The topological polar surface area (TPSA) is 35.5 Å². The first kappa shape index (κ1) is 15.6. The smallest absolute Gasteiger partial charge is 0.317 e. The summed E-state index contributed by atoms with van der Waals surface area (Å²) in [7, 11) is 3.10. The Morgan fingerprint density at radius 1 is 1.04 bits per heavy atom. The molecule has 3 heteroatoms. The van der Waals surface area contributed by atoms with E-state index < -0.39 is 5.41 Å². The van der Waals surface area contributed by atoms with E-state index in [9.17, 15) is 4.79 Å². The molecule has 0 radical (unpaired) electrons. The number of hydrogen-bond acceptors (Lipinski definition) is 3. The largest absolute Gasteiger partial charge is 0.496 e. The second-order valence-corrected chi connectivity index (χ2v) is 6.33. The number of aryl methyl sites for hydroxylation is 2. The minimum Gasteiger partial charge on any atom is -0.496 e. The van der Waals surface area contributed by atoms with E-state index in [0.29, 0.717) is 0 Å². The van der Waals surface area contributed by atoms with Crippen LogP contribution in [-0.4, -0.2) is 20.2 Å². The van der Waals surface area contributed by atoms with Gasteiger partial charge in [-0.25, -0.2) is 0 Å². The number of rotatable bonds is 4. The molecule has 1 fully saturated rings. The van der Waals surface area contributed by atoms with Gasteiger partial charge in [-0.3, -0.25) is 4.79 Å². The maximum atomic E-state index is 12.6. The van der Waals surface area contributed by atoms with E-state index in [-0.39, 0.29) is 11.9 Å². The second-order valence-electron chi connectivity index (χ2n) is 6.33. The fraction of sp³-hybridized carbons (Fsp3) is 0.350. The average Bonchev–Trinajstić information content (AvgIpc) is 3.31. The third kappa shape index (κ3) is 2.50. The molecule has 23 heavy (non-hydrogen) atoms. The Bertz CT molecular complexity index is 733. The summed E-state index contributed by atoms with van der Waals surface area (Å²) in [5, 5.41) is 0. The van der Waals surface area contributed by atoms with Crippen molar-refractivity contribution in [3.63, 3.8) is 0 Å². The van der Waals surface area contributed by atoms with Crippen molar-refractivity contribution in [1.29, 1.82) is 0 Å². The summed E-state index contributed by atoms with van der Waals surface area (Å²) >= 11 is 0. The van der Waals surface area contributed by atoms with E-state index in [1.54, 1.807) is 7.11 Å². The Kier molecular flexibility index (Phi) is 3.88. The summed E-state index contributed by atoms with van der Waals surface area (Å²) < 4.78 is 10.7. The summed E-state index contributed by atoms with van der Waals surface area (Å²) in [6.07, 6.45) is 0.753. The standard InChI is InChI=1S/C20H22O3/c1-13-5-8-15(9-6-13)17-12-20(17,19(21)23-4)16-11-14(2)7-10-18(16)22-3/h5-11,17H,12H2,1-4H3. The van der Waals surface area contributed by atoms with Gasteiger partial charge in [-0.05, 0) is 31.9 Å². The molecule has 120 valence electrons. The van der Waals surface area contributed by atoms with Gasteiger partial charge >= 0.3 is 5.97 Å². The van der Waals surface area contributed by atoms with E-state index >= 15 is 0 Å². The third-order valence-electron chi connectivity index (χ3n) is 4.83. The Balaban J connectivity index is 2.09. The summed E-state index contributed by atoms with van der Waals surface area (Å²) in [6, 6.07) is 14.4. The number of esters is 1. The molecule has 1 saturated carbocycles. The maximum Gasteiger partial charge on any atom is 0.317 e. The highest BCUT2D eigenvalue weighted by Crippen LogP contribution is 2.63. The molecule has 3 rings (SSSR count). The lowest BCUT2D eigenvalue weighted by molar-refractivity contribution is -0.143. The fourth-order valence-electron chi connectivity index (χ4n) is 3.45. The molecule has 0 aliphatic heterocycles. The molecule has 0 heterocycles. The number of hydrogen-bond donors (Lipinski definition) is 0. The number of methoxy groups -OCH3 is 2. The van der Waals surface area contributed by atoms with Gasteiger partial charge in [0.2, 0.25) is 0 Å². The Hall–Kier alpha value is -2.29. The molecule has 3 nitrogen and oxygen atoms in total. The Morgan fingerprint density at radius 3 is 2.30 bits per heavy atom. The lowest BCUT2D eigenvalue weighted by Gasteiger charge is -2.19. The molecular weight excluding hydrogens is 288 g/mol. The average molecular weight is 310 g/mol. The number of benzene rings is 2. The Labute approximate surface area is 137 Å². The van der Waals surface area contributed by atoms with Gasteiger partial charge in [0.1, 0.15) is 11.2 Å². The summed E-state index contributed by atoms with van der Waals surface area (Å²) in [5.74, 6) is 0.689. The highest BCUT2D eigenvalue weighted by Gasteiger charge is 2.63. The fourth-order valence-corrected chi connectivity index (χ4v) is 3.45.